The maximum absolute atomic E-state index is 13.9. The number of carbonyl (C=O) groups excluding carboxylic acids is 2. The van der Waals surface area contributed by atoms with Gasteiger partial charge in [-0.15, -0.1) is 0 Å². The number of Topliss-reactive ketones (excluding diaryl/α,β-unsaturated/α-hetero) is 2. The highest BCUT2D eigenvalue weighted by Crippen LogP contribution is 2.43. The Hall–Kier alpha value is -1.62. The zero-order valence-electron chi connectivity index (χ0n) is 31.3. The summed E-state index contributed by atoms with van der Waals surface area (Å²) in [6.45, 7) is 11.0. The smallest absolute Gasteiger partial charge is 0.135 e. The lowest BCUT2D eigenvalue weighted by molar-refractivity contribution is -0.259. The molecular weight excluding hydrogens is 686 g/mol. The lowest BCUT2D eigenvalue weighted by atomic mass is 9.81. The molecule has 0 unspecified atom stereocenters. The van der Waals surface area contributed by atoms with Crippen LogP contribution in [0.15, 0.2) is 24.3 Å². The highest BCUT2D eigenvalue weighted by molar-refractivity contribution is 5.79. The van der Waals surface area contributed by atoms with Gasteiger partial charge in [0.2, 0.25) is 0 Å². The standard InChI is InChI=1S/C40H61NO12/c1-19-11-26-7-9-29-20(2)12-25(48-29)6-5-22(42)15-33-35(45)39-40(53-33)36(46)38-30(52-39)10-8-27(50-38)13-23(43)14-28-32(17-31(49-26)21(19)3)51-34(37(28)47-4)16-24(44)18-41/h19,24-40,44-46H,2-3,5-18,41H2,1,4H3/t19-,24+,25+,26+,27-,28+,29+,30+,31-,32+,33+,34-,35+,36+,37-,38+,39+,40+/m1/s1. The van der Waals surface area contributed by atoms with Crippen molar-refractivity contribution < 1.29 is 58.1 Å². The molecule has 298 valence electrons. The van der Waals surface area contributed by atoms with Crippen LogP contribution in [0.25, 0.3) is 0 Å². The van der Waals surface area contributed by atoms with Crippen LogP contribution in [0, 0.1) is 11.8 Å². The van der Waals surface area contributed by atoms with Gasteiger partial charge in [-0.2, -0.15) is 0 Å². The maximum Gasteiger partial charge on any atom is 0.135 e. The summed E-state index contributed by atoms with van der Waals surface area (Å²) in [6, 6.07) is 0. The number of hydrogen-bond acceptors (Lipinski definition) is 13. The number of rotatable bonds is 4. The van der Waals surface area contributed by atoms with Gasteiger partial charge in [-0.3, -0.25) is 9.59 Å². The molecule has 0 amide bonds. The Morgan fingerprint density at radius 3 is 2.25 bits per heavy atom. The third-order valence-corrected chi connectivity index (χ3v) is 13.1. The molecule has 0 aromatic heterocycles. The van der Waals surface area contributed by atoms with E-state index in [1.54, 1.807) is 7.11 Å². The summed E-state index contributed by atoms with van der Waals surface area (Å²) in [4.78, 5) is 27.0. The first kappa shape index (κ1) is 39.6. The number of fused-ring (bicyclic) bond motifs is 7. The summed E-state index contributed by atoms with van der Waals surface area (Å²) >= 11 is 0. The van der Waals surface area contributed by atoms with Gasteiger partial charge in [-0.25, -0.2) is 0 Å². The van der Waals surface area contributed by atoms with Crippen LogP contribution in [0.5, 0.6) is 0 Å². The molecule has 7 aliphatic rings. The molecule has 0 saturated carbocycles. The van der Waals surface area contributed by atoms with Crippen LogP contribution in [0.4, 0.5) is 0 Å². The average molecular weight is 748 g/mol. The van der Waals surface area contributed by atoms with Crippen molar-refractivity contribution in [2.45, 2.75) is 188 Å². The lowest BCUT2D eigenvalue weighted by Crippen LogP contribution is -2.61. The zero-order chi connectivity index (χ0) is 37.6. The summed E-state index contributed by atoms with van der Waals surface area (Å²) in [6.07, 6.45) is -2.71. The van der Waals surface area contributed by atoms with Crippen molar-refractivity contribution in [1.82, 2.24) is 0 Å². The molecule has 7 aliphatic heterocycles. The Bertz CT molecular complexity index is 1340. The van der Waals surface area contributed by atoms with E-state index in [9.17, 15) is 24.9 Å². The monoisotopic (exact) mass is 747 g/mol. The van der Waals surface area contributed by atoms with Crippen LogP contribution in [0.2, 0.25) is 0 Å². The van der Waals surface area contributed by atoms with Crippen LogP contribution < -0.4 is 5.73 Å². The minimum Gasteiger partial charge on any atom is -0.392 e. The number of ether oxygens (including phenoxy) is 7. The molecule has 8 bridgehead atoms. The van der Waals surface area contributed by atoms with Gasteiger partial charge in [0.05, 0.1) is 67.1 Å². The lowest BCUT2D eigenvalue weighted by Gasteiger charge is -2.46. The maximum atomic E-state index is 13.9. The number of aliphatic hydroxyl groups excluding tert-OH is 3. The van der Waals surface area contributed by atoms with E-state index in [4.69, 9.17) is 38.9 Å². The first-order valence-corrected chi connectivity index (χ1v) is 20.0. The van der Waals surface area contributed by atoms with Gasteiger partial charge < -0.3 is 54.2 Å². The predicted molar refractivity (Wildman–Crippen MR) is 191 cm³/mol. The molecule has 0 radical (unpaired) electrons. The van der Waals surface area contributed by atoms with Crippen molar-refractivity contribution >= 4 is 11.6 Å². The third-order valence-electron chi connectivity index (χ3n) is 13.1. The number of carbonyl (C=O) groups is 2. The van der Waals surface area contributed by atoms with E-state index in [1.165, 1.54) is 0 Å². The zero-order valence-corrected chi connectivity index (χ0v) is 31.3. The van der Waals surface area contributed by atoms with Gasteiger partial charge in [0, 0.05) is 58.1 Å². The Balaban J connectivity index is 1.11. The fourth-order valence-electron chi connectivity index (χ4n) is 10.2. The van der Waals surface area contributed by atoms with Gasteiger partial charge in [0.1, 0.15) is 42.1 Å². The molecule has 7 rings (SSSR count). The summed E-state index contributed by atoms with van der Waals surface area (Å²) in [5, 5.41) is 33.1. The Morgan fingerprint density at radius 2 is 1.47 bits per heavy atom. The minimum atomic E-state index is -1.09. The topological polar surface area (TPSA) is 185 Å². The third kappa shape index (κ3) is 8.56. The molecule has 0 aromatic carbocycles. The largest absolute Gasteiger partial charge is 0.392 e. The normalized spacial score (nSPS) is 47.7. The minimum absolute atomic E-state index is 0.0126. The Morgan fingerprint density at radius 1 is 0.755 bits per heavy atom. The van der Waals surface area contributed by atoms with Gasteiger partial charge in [0.15, 0.2) is 0 Å². The molecule has 5 N–H and O–H groups in total. The van der Waals surface area contributed by atoms with E-state index in [2.05, 4.69) is 20.1 Å². The summed E-state index contributed by atoms with van der Waals surface area (Å²) in [7, 11) is 1.61. The van der Waals surface area contributed by atoms with Gasteiger partial charge >= 0.3 is 0 Å². The van der Waals surface area contributed by atoms with Crippen LogP contribution in [-0.4, -0.2) is 138 Å². The number of methoxy groups -OCH3 is 1. The number of nitrogens with two attached hydrogens (primary N) is 1. The molecule has 0 spiro atoms. The molecule has 53 heavy (non-hydrogen) atoms. The van der Waals surface area contributed by atoms with E-state index in [0.717, 1.165) is 30.4 Å². The van der Waals surface area contributed by atoms with Crippen molar-refractivity contribution in [2.24, 2.45) is 17.6 Å². The molecule has 7 saturated heterocycles. The molecule has 7 fully saturated rings. The highest BCUT2D eigenvalue weighted by atomic mass is 16.6. The van der Waals surface area contributed by atoms with E-state index >= 15 is 0 Å². The van der Waals surface area contributed by atoms with E-state index in [1.807, 2.05) is 0 Å². The van der Waals surface area contributed by atoms with Crippen LogP contribution in [0.3, 0.4) is 0 Å². The van der Waals surface area contributed by atoms with Crippen molar-refractivity contribution in [3.63, 3.8) is 0 Å². The van der Waals surface area contributed by atoms with E-state index in [0.29, 0.717) is 32.1 Å². The first-order valence-electron chi connectivity index (χ1n) is 20.0. The fourth-order valence-corrected chi connectivity index (χ4v) is 10.2. The molecule has 13 nitrogen and oxygen atoms in total. The van der Waals surface area contributed by atoms with Gasteiger partial charge in [-0.1, -0.05) is 20.1 Å². The average Bonchev–Trinajstić information content (AvgIpc) is 3.76. The van der Waals surface area contributed by atoms with Gasteiger partial charge in [-0.05, 0) is 62.0 Å². The highest BCUT2D eigenvalue weighted by Gasteiger charge is 2.57. The van der Waals surface area contributed by atoms with E-state index < -0.39 is 67.1 Å². The Labute approximate surface area is 312 Å². The Kier molecular flexibility index (Phi) is 12.6. The number of hydrogen-bond donors (Lipinski definition) is 4. The molecule has 7 heterocycles. The van der Waals surface area contributed by atoms with Crippen LogP contribution in [-0.2, 0) is 42.7 Å². The molecule has 0 aromatic rings. The SMILES string of the molecule is C=C1C[C@@H]2CCC(=O)C[C@@H]3O[C@H]4[C@@H](O)[C@H]5O[C@H](CC[C@@H]5O[C@H]4[C@H]3O)CC(=O)C[C@@H]3[C@@H](OC)[C@@H](C[C@H](O)CN)O[C@H]3C[C@H]3O[C@@H](CC[C@@H]1O2)C[C@@H](C)C3=C. The molecule has 13 heteroatoms. The number of aliphatic hydroxyl groups is 3. The first-order chi connectivity index (χ1) is 25.4. The van der Waals surface area contributed by atoms with Crippen LogP contribution in [0.1, 0.15) is 90.4 Å². The number of ketones is 2. The molecule has 0 aliphatic carbocycles. The summed E-state index contributed by atoms with van der Waals surface area (Å²) in [5.74, 6) is -0.133. The molecule has 18 atom stereocenters. The van der Waals surface area contributed by atoms with Crippen molar-refractivity contribution in [2.75, 3.05) is 13.7 Å². The molecular formula is C40H61NO12. The quantitative estimate of drug-likeness (QED) is 0.308. The second-order valence-electron chi connectivity index (χ2n) is 16.9. The van der Waals surface area contributed by atoms with Crippen molar-refractivity contribution in [1.29, 1.82) is 0 Å². The van der Waals surface area contributed by atoms with Gasteiger partial charge in [0.25, 0.3) is 0 Å². The predicted octanol–water partition coefficient (Wildman–Crippen LogP) is 2.24. The summed E-state index contributed by atoms with van der Waals surface area (Å²) < 4.78 is 44.5. The van der Waals surface area contributed by atoms with Crippen LogP contribution >= 0.6 is 0 Å². The second-order valence-corrected chi connectivity index (χ2v) is 16.9. The summed E-state index contributed by atoms with van der Waals surface area (Å²) in [5.41, 5.74) is 7.80. The van der Waals surface area contributed by atoms with E-state index in [-0.39, 0.29) is 92.6 Å². The van der Waals surface area contributed by atoms with Crippen molar-refractivity contribution in [3.05, 3.63) is 24.3 Å². The fraction of sp³-hybridized carbons (Fsp3) is 0.850. The van der Waals surface area contributed by atoms with Crippen molar-refractivity contribution in [3.8, 4) is 0 Å². The second kappa shape index (κ2) is 16.9.